The van der Waals surface area contributed by atoms with Crippen molar-refractivity contribution in [3.8, 4) is 0 Å². The molecule has 2 aliphatic rings. The van der Waals surface area contributed by atoms with Crippen LogP contribution in [0.15, 0.2) is 18.2 Å². The van der Waals surface area contributed by atoms with Gasteiger partial charge in [-0.1, -0.05) is 32.0 Å². The second kappa shape index (κ2) is 5.52. The third-order valence-electron chi connectivity index (χ3n) is 4.74. The van der Waals surface area contributed by atoms with Crippen molar-refractivity contribution in [3.63, 3.8) is 0 Å². The molecule has 126 valence electrons. The largest absolute Gasteiger partial charge is 0.443 e. The summed E-state index contributed by atoms with van der Waals surface area (Å²) in [5, 5.41) is 3.62. The highest BCUT2D eigenvalue weighted by atomic mass is 16.6. The number of para-hydroxylation sites is 1. The lowest BCUT2D eigenvalue weighted by atomic mass is 10.1. The summed E-state index contributed by atoms with van der Waals surface area (Å²) in [6.07, 6.45) is 1.88. The van der Waals surface area contributed by atoms with Gasteiger partial charge in [0.25, 0.3) is 0 Å². The zero-order valence-corrected chi connectivity index (χ0v) is 14.9. The van der Waals surface area contributed by atoms with Crippen molar-refractivity contribution in [3.05, 3.63) is 29.3 Å². The fourth-order valence-corrected chi connectivity index (χ4v) is 3.23. The van der Waals surface area contributed by atoms with E-state index in [1.54, 1.807) is 4.90 Å². The molecular weight excluding hydrogens is 288 g/mol. The third-order valence-corrected chi connectivity index (χ3v) is 4.74. The molecule has 1 unspecified atom stereocenters. The first-order valence-electron chi connectivity index (χ1n) is 8.52. The topological polar surface area (TPSA) is 41.6 Å². The SMILES string of the molecule is CC(C)(C)OC(=O)N1CCc2cccc(CNC3CC3(C)C)c21. The molecule has 0 bridgehead atoms. The molecule has 23 heavy (non-hydrogen) atoms. The number of hydrogen-bond donors (Lipinski definition) is 1. The van der Waals surface area contributed by atoms with Gasteiger partial charge < -0.3 is 10.1 Å². The summed E-state index contributed by atoms with van der Waals surface area (Å²) in [5.74, 6) is 0. The minimum Gasteiger partial charge on any atom is -0.443 e. The predicted molar refractivity (Wildman–Crippen MR) is 92.8 cm³/mol. The number of nitrogens with one attached hydrogen (secondary N) is 1. The molecule has 1 heterocycles. The lowest BCUT2D eigenvalue weighted by molar-refractivity contribution is 0.0583. The van der Waals surface area contributed by atoms with Crippen LogP contribution in [0.2, 0.25) is 0 Å². The van der Waals surface area contributed by atoms with Crippen LogP contribution in [-0.2, 0) is 17.7 Å². The van der Waals surface area contributed by atoms with Crippen LogP contribution in [-0.4, -0.2) is 24.3 Å². The Bertz CT molecular complexity index is 616. The summed E-state index contributed by atoms with van der Waals surface area (Å²) in [6.45, 7) is 11.8. The summed E-state index contributed by atoms with van der Waals surface area (Å²) in [4.78, 5) is 14.3. The van der Waals surface area contributed by atoms with Crippen LogP contribution in [0.3, 0.4) is 0 Å². The van der Waals surface area contributed by atoms with Crippen molar-refractivity contribution >= 4 is 11.8 Å². The number of carbonyl (C=O) groups is 1. The van der Waals surface area contributed by atoms with Crippen molar-refractivity contribution in [2.45, 2.75) is 65.6 Å². The van der Waals surface area contributed by atoms with Gasteiger partial charge in [-0.3, -0.25) is 4.90 Å². The lowest BCUT2D eigenvalue weighted by Crippen LogP contribution is -2.36. The van der Waals surface area contributed by atoms with Gasteiger partial charge in [0.2, 0.25) is 0 Å². The first-order valence-corrected chi connectivity index (χ1v) is 8.52. The number of carbonyl (C=O) groups excluding carboxylic acids is 1. The average Bonchev–Trinajstić information content (AvgIpc) is 2.83. The summed E-state index contributed by atoms with van der Waals surface area (Å²) in [7, 11) is 0. The molecule has 1 aromatic carbocycles. The molecule has 1 aliphatic carbocycles. The van der Waals surface area contributed by atoms with Crippen LogP contribution in [0, 0.1) is 5.41 Å². The Morgan fingerprint density at radius 3 is 2.70 bits per heavy atom. The van der Waals surface area contributed by atoms with Crippen LogP contribution < -0.4 is 10.2 Å². The van der Waals surface area contributed by atoms with Crippen molar-refractivity contribution in [1.29, 1.82) is 0 Å². The number of fused-ring (bicyclic) bond motifs is 1. The van der Waals surface area contributed by atoms with E-state index in [1.165, 1.54) is 17.5 Å². The van der Waals surface area contributed by atoms with Gasteiger partial charge in [0.15, 0.2) is 0 Å². The van der Waals surface area contributed by atoms with Gasteiger partial charge in [-0.2, -0.15) is 0 Å². The second-order valence-electron chi connectivity index (χ2n) is 8.43. The van der Waals surface area contributed by atoms with Gasteiger partial charge in [0, 0.05) is 19.1 Å². The standard InChI is InChI=1S/C19H28N2O2/c1-18(2,3)23-17(22)21-10-9-13-7-6-8-14(16(13)21)12-20-15-11-19(15,4)5/h6-8,15,20H,9-12H2,1-5H3. The van der Waals surface area contributed by atoms with Crippen LogP contribution in [0.4, 0.5) is 10.5 Å². The molecule has 0 spiro atoms. The molecule has 1 N–H and O–H groups in total. The van der Waals surface area contributed by atoms with E-state index in [9.17, 15) is 4.79 Å². The highest BCUT2D eigenvalue weighted by Gasteiger charge is 2.45. The monoisotopic (exact) mass is 316 g/mol. The molecule has 4 heteroatoms. The fourth-order valence-electron chi connectivity index (χ4n) is 3.23. The Morgan fingerprint density at radius 1 is 1.39 bits per heavy atom. The van der Waals surface area contributed by atoms with Crippen molar-refractivity contribution in [1.82, 2.24) is 5.32 Å². The molecule has 1 saturated carbocycles. The Kier molecular flexibility index (Phi) is 3.91. The average molecular weight is 316 g/mol. The molecule has 1 aliphatic heterocycles. The van der Waals surface area contributed by atoms with Crippen molar-refractivity contribution in [2.75, 3.05) is 11.4 Å². The first-order chi connectivity index (χ1) is 10.7. The number of anilines is 1. The van der Waals surface area contributed by atoms with Crippen LogP contribution in [0.5, 0.6) is 0 Å². The van der Waals surface area contributed by atoms with Gasteiger partial charge >= 0.3 is 6.09 Å². The number of ether oxygens (including phenoxy) is 1. The third kappa shape index (κ3) is 3.52. The summed E-state index contributed by atoms with van der Waals surface area (Å²) in [6, 6.07) is 6.90. The minimum atomic E-state index is -0.467. The Morgan fingerprint density at radius 2 is 2.09 bits per heavy atom. The van der Waals surface area contributed by atoms with Crippen molar-refractivity contribution < 1.29 is 9.53 Å². The molecule has 3 rings (SSSR count). The number of hydrogen-bond acceptors (Lipinski definition) is 3. The molecule has 0 saturated heterocycles. The van der Waals surface area contributed by atoms with Crippen LogP contribution in [0.1, 0.15) is 52.2 Å². The highest BCUT2D eigenvalue weighted by molar-refractivity contribution is 5.91. The number of nitrogens with zero attached hydrogens (tertiary/aromatic N) is 1. The maximum Gasteiger partial charge on any atom is 0.414 e. The van der Waals surface area contributed by atoms with E-state index in [2.05, 4.69) is 37.4 Å². The van der Waals surface area contributed by atoms with Gasteiger partial charge in [-0.05, 0) is 50.2 Å². The highest BCUT2D eigenvalue weighted by Crippen LogP contribution is 2.45. The van der Waals surface area contributed by atoms with E-state index in [4.69, 9.17) is 4.74 Å². The quantitative estimate of drug-likeness (QED) is 0.920. The molecule has 1 aromatic rings. The second-order valence-corrected chi connectivity index (χ2v) is 8.43. The maximum atomic E-state index is 12.5. The van der Waals surface area contributed by atoms with E-state index in [0.29, 0.717) is 18.0 Å². The van der Waals surface area contributed by atoms with Gasteiger partial charge in [0.1, 0.15) is 5.60 Å². The Balaban J connectivity index is 1.76. The molecule has 0 aromatic heterocycles. The summed E-state index contributed by atoms with van der Waals surface area (Å²) >= 11 is 0. The van der Waals surface area contributed by atoms with Crippen LogP contribution in [0.25, 0.3) is 0 Å². The molecule has 1 atom stereocenters. The molecule has 4 nitrogen and oxygen atoms in total. The molecular formula is C19H28N2O2. The van der Waals surface area contributed by atoms with Crippen LogP contribution >= 0.6 is 0 Å². The molecule has 0 radical (unpaired) electrons. The normalized spacial score (nSPS) is 22.0. The number of benzene rings is 1. The number of rotatable bonds is 3. The zero-order chi connectivity index (χ0) is 16.8. The number of amides is 1. The van der Waals surface area contributed by atoms with Crippen molar-refractivity contribution in [2.24, 2.45) is 5.41 Å². The van der Waals surface area contributed by atoms with Gasteiger partial charge in [-0.15, -0.1) is 0 Å². The molecule has 1 fully saturated rings. The van der Waals surface area contributed by atoms with E-state index in [-0.39, 0.29) is 6.09 Å². The maximum absolute atomic E-state index is 12.5. The fraction of sp³-hybridized carbons (Fsp3) is 0.632. The Labute approximate surface area is 139 Å². The summed E-state index contributed by atoms with van der Waals surface area (Å²) in [5.41, 5.74) is 3.42. The van der Waals surface area contributed by atoms with E-state index in [1.807, 2.05) is 20.8 Å². The molecule has 1 amide bonds. The Hall–Kier alpha value is -1.55. The van der Waals surface area contributed by atoms with E-state index < -0.39 is 5.60 Å². The summed E-state index contributed by atoms with van der Waals surface area (Å²) < 4.78 is 5.57. The minimum absolute atomic E-state index is 0.240. The van der Waals surface area contributed by atoms with Gasteiger partial charge in [0.05, 0.1) is 5.69 Å². The van der Waals surface area contributed by atoms with E-state index in [0.717, 1.165) is 18.7 Å². The van der Waals surface area contributed by atoms with Gasteiger partial charge in [-0.25, -0.2) is 4.79 Å². The zero-order valence-electron chi connectivity index (χ0n) is 14.9. The lowest BCUT2D eigenvalue weighted by Gasteiger charge is -2.26. The smallest absolute Gasteiger partial charge is 0.414 e. The van der Waals surface area contributed by atoms with E-state index >= 15 is 0 Å². The first kappa shape index (κ1) is 16.3. The predicted octanol–water partition coefficient (Wildman–Crippen LogP) is 3.87.